The summed E-state index contributed by atoms with van der Waals surface area (Å²) < 4.78 is 32.4. The fourth-order valence-corrected chi connectivity index (χ4v) is 2.02. The molecule has 0 spiro atoms. The maximum atomic E-state index is 13.8. The van der Waals surface area contributed by atoms with E-state index < -0.39 is 23.7 Å². The molecule has 0 radical (unpaired) electrons. The second-order valence-electron chi connectivity index (χ2n) is 4.07. The summed E-state index contributed by atoms with van der Waals surface area (Å²) in [6.07, 6.45) is 0. The van der Waals surface area contributed by atoms with Gasteiger partial charge >= 0.3 is 6.03 Å². The van der Waals surface area contributed by atoms with E-state index in [-0.39, 0.29) is 24.6 Å². The van der Waals surface area contributed by atoms with E-state index in [1.165, 1.54) is 18.1 Å². The lowest BCUT2D eigenvalue weighted by Crippen LogP contribution is -2.33. The minimum absolute atomic E-state index is 0.142. The summed E-state index contributed by atoms with van der Waals surface area (Å²) in [4.78, 5) is 12.8. The molecule has 0 aliphatic carbocycles. The number of nitrogens with one attached hydrogen (secondary N) is 2. The highest BCUT2D eigenvalue weighted by atomic mass is 19.1. The number of rotatable bonds is 4. The molecule has 0 aromatic heterocycles. The number of hydrogen-bond donors (Lipinski definition) is 2. The summed E-state index contributed by atoms with van der Waals surface area (Å²) in [5.41, 5.74) is -0.304. The summed E-state index contributed by atoms with van der Waals surface area (Å²) in [7, 11) is 1.46. The number of methoxy groups -OCH3 is 1. The molecule has 2 N–H and O–H groups in total. The number of carbonyl (C=O) groups excluding carboxylic acids is 1. The predicted molar refractivity (Wildman–Crippen MR) is 63.9 cm³/mol. The van der Waals surface area contributed by atoms with Gasteiger partial charge in [-0.05, 0) is 12.1 Å². The van der Waals surface area contributed by atoms with E-state index in [4.69, 9.17) is 10.1 Å². The lowest BCUT2D eigenvalue weighted by molar-refractivity contribution is 0.149. The Labute approximate surface area is 108 Å². The van der Waals surface area contributed by atoms with Crippen LogP contribution in [0.15, 0.2) is 18.2 Å². The molecular formula is C12H13F2N3O2. The fraction of sp³-hybridized carbons (Fsp3) is 0.333. The van der Waals surface area contributed by atoms with Crippen LogP contribution >= 0.6 is 0 Å². The van der Waals surface area contributed by atoms with E-state index in [1.807, 2.05) is 0 Å². The molecule has 1 aromatic carbocycles. The van der Waals surface area contributed by atoms with Crippen molar-refractivity contribution < 1.29 is 18.3 Å². The van der Waals surface area contributed by atoms with E-state index in [0.29, 0.717) is 0 Å². The average molecular weight is 269 g/mol. The number of amides is 2. The minimum Gasteiger partial charge on any atom is -0.383 e. The Kier molecular flexibility index (Phi) is 3.75. The highest BCUT2D eigenvalue weighted by molar-refractivity contribution is 6.06. The van der Waals surface area contributed by atoms with Crippen LogP contribution in [0.4, 0.5) is 13.6 Å². The Morgan fingerprint density at radius 1 is 1.42 bits per heavy atom. The Hall–Kier alpha value is -2.02. The van der Waals surface area contributed by atoms with Crippen molar-refractivity contribution in [1.82, 2.24) is 10.2 Å². The van der Waals surface area contributed by atoms with Crippen LogP contribution in [0, 0.1) is 17.0 Å². The van der Waals surface area contributed by atoms with Gasteiger partial charge in [-0.1, -0.05) is 6.07 Å². The molecule has 1 saturated heterocycles. The van der Waals surface area contributed by atoms with Crippen molar-refractivity contribution in [3.63, 3.8) is 0 Å². The number of nitrogens with zero attached hydrogens (tertiary/aromatic N) is 1. The molecule has 1 fully saturated rings. The van der Waals surface area contributed by atoms with Crippen LogP contribution in [0.3, 0.4) is 0 Å². The standard InChI is InChI=1S/C12H13F2N3O2/c1-19-6-5-17-10(11(15)16-12(17)18)9-7(13)3-2-4-8(9)14/h2-4,10H,5-6H2,1H3,(H2,15,16,18). The van der Waals surface area contributed by atoms with Crippen molar-refractivity contribution >= 4 is 11.9 Å². The predicted octanol–water partition coefficient (Wildman–Crippen LogP) is 1.65. The van der Waals surface area contributed by atoms with Crippen LogP contribution in [0.5, 0.6) is 0 Å². The molecular weight excluding hydrogens is 256 g/mol. The number of halogens is 2. The molecule has 7 heteroatoms. The number of ether oxygens (including phenoxy) is 1. The van der Waals surface area contributed by atoms with Gasteiger partial charge in [0.15, 0.2) is 0 Å². The van der Waals surface area contributed by atoms with E-state index >= 15 is 0 Å². The lowest BCUT2D eigenvalue weighted by Gasteiger charge is -2.23. The molecule has 1 aliphatic rings. The van der Waals surface area contributed by atoms with Crippen LogP contribution in [-0.4, -0.2) is 37.0 Å². The summed E-state index contributed by atoms with van der Waals surface area (Å²) in [6, 6.07) is 1.80. The molecule has 2 rings (SSSR count). The van der Waals surface area contributed by atoms with Crippen molar-refractivity contribution in [3.05, 3.63) is 35.4 Å². The summed E-state index contributed by atoms with van der Waals surface area (Å²) in [5, 5.41) is 9.95. The van der Waals surface area contributed by atoms with Gasteiger partial charge in [0.1, 0.15) is 23.5 Å². The maximum Gasteiger partial charge on any atom is 0.323 e. The first kappa shape index (κ1) is 13.4. The molecule has 1 atom stereocenters. The number of benzene rings is 1. The zero-order valence-electron chi connectivity index (χ0n) is 10.2. The molecule has 1 unspecified atom stereocenters. The largest absolute Gasteiger partial charge is 0.383 e. The Balaban J connectivity index is 2.39. The topological polar surface area (TPSA) is 65.4 Å². The maximum absolute atomic E-state index is 13.8. The van der Waals surface area contributed by atoms with Crippen molar-refractivity contribution in [1.29, 1.82) is 5.41 Å². The monoisotopic (exact) mass is 269 g/mol. The van der Waals surface area contributed by atoms with Gasteiger partial charge in [-0.15, -0.1) is 0 Å². The van der Waals surface area contributed by atoms with Gasteiger partial charge in [0, 0.05) is 13.7 Å². The average Bonchev–Trinajstić information content (AvgIpc) is 2.62. The number of urea groups is 1. The Morgan fingerprint density at radius 2 is 2.05 bits per heavy atom. The van der Waals surface area contributed by atoms with E-state index in [0.717, 1.165) is 12.1 Å². The van der Waals surface area contributed by atoms with E-state index in [9.17, 15) is 13.6 Å². The summed E-state index contributed by atoms with van der Waals surface area (Å²) in [5.74, 6) is -1.81. The second kappa shape index (κ2) is 5.31. The highest BCUT2D eigenvalue weighted by Crippen LogP contribution is 2.29. The van der Waals surface area contributed by atoms with Crippen molar-refractivity contribution in [2.45, 2.75) is 6.04 Å². The normalized spacial score (nSPS) is 18.9. The molecule has 1 aliphatic heterocycles. The highest BCUT2D eigenvalue weighted by Gasteiger charge is 2.39. The van der Waals surface area contributed by atoms with Gasteiger partial charge in [0.2, 0.25) is 0 Å². The molecule has 102 valence electrons. The summed E-state index contributed by atoms with van der Waals surface area (Å²) >= 11 is 0. The van der Waals surface area contributed by atoms with Crippen LogP contribution < -0.4 is 5.32 Å². The fourth-order valence-electron chi connectivity index (χ4n) is 2.02. The van der Waals surface area contributed by atoms with Gasteiger partial charge < -0.3 is 9.64 Å². The number of amidine groups is 1. The first-order valence-electron chi connectivity index (χ1n) is 5.65. The van der Waals surface area contributed by atoms with E-state index in [1.54, 1.807) is 0 Å². The molecule has 1 heterocycles. The Morgan fingerprint density at radius 3 is 2.63 bits per heavy atom. The molecule has 5 nitrogen and oxygen atoms in total. The minimum atomic E-state index is -1.08. The quantitative estimate of drug-likeness (QED) is 0.873. The van der Waals surface area contributed by atoms with Gasteiger partial charge in [0.25, 0.3) is 0 Å². The smallest absolute Gasteiger partial charge is 0.323 e. The zero-order valence-corrected chi connectivity index (χ0v) is 10.2. The van der Waals surface area contributed by atoms with Gasteiger partial charge in [-0.2, -0.15) is 0 Å². The third-order valence-corrected chi connectivity index (χ3v) is 2.90. The second-order valence-corrected chi connectivity index (χ2v) is 4.07. The van der Waals surface area contributed by atoms with Gasteiger partial charge in [-0.3, -0.25) is 10.7 Å². The van der Waals surface area contributed by atoms with Crippen LogP contribution in [0.25, 0.3) is 0 Å². The van der Waals surface area contributed by atoms with Crippen LogP contribution in [0.1, 0.15) is 11.6 Å². The lowest BCUT2D eigenvalue weighted by atomic mass is 10.0. The van der Waals surface area contributed by atoms with Crippen molar-refractivity contribution in [2.24, 2.45) is 0 Å². The third-order valence-electron chi connectivity index (χ3n) is 2.90. The zero-order chi connectivity index (χ0) is 14.0. The SMILES string of the molecule is COCCN1C(=O)NC(=N)C1c1c(F)cccc1F. The Bertz CT molecular complexity index is 501. The molecule has 0 bridgehead atoms. The molecule has 1 aromatic rings. The van der Waals surface area contributed by atoms with Crippen molar-refractivity contribution in [2.75, 3.05) is 20.3 Å². The van der Waals surface area contributed by atoms with E-state index in [2.05, 4.69) is 5.32 Å². The molecule has 19 heavy (non-hydrogen) atoms. The first-order chi connectivity index (χ1) is 9.06. The number of hydrogen-bond acceptors (Lipinski definition) is 3. The van der Waals surface area contributed by atoms with Crippen LogP contribution in [-0.2, 0) is 4.74 Å². The van der Waals surface area contributed by atoms with Gasteiger partial charge in [-0.25, -0.2) is 13.6 Å². The third kappa shape index (κ3) is 2.41. The van der Waals surface area contributed by atoms with Gasteiger partial charge in [0.05, 0.1) is 12.2 Å². The van der Waals surface area contributed by atoms with Crippen LogP contribution in [0.2, 0.25) is 0 Å². The summed E-state index contributed by atoms with van der Waals surface area (Å²) in [6.45, 7) is 0.358. The van der Waals surface area contributed by atoms with Crippen molar-refractivity contribution in [3.8, 4) is 0 Å². The molecule has 2 amide bonds. The molecule has 0 saturated carbocycles. The first-order valence-corrected chi connectivity index (χ1v) is 5.65. The number of carbonyl (C=O) groups is 1.